The predicted octanol–water partition coefficient (Wildman–Crippen LogP) is 3.04. The van der Waals surface area contributed by atoms with E-state index in [1.165, 1.54) is 5.56 Å². The lowest BCUT2D eigenvalue weighted by Crippen LogP contribution is -2.40. The molecule has 124 valence electrons. The third-order valence-corrected chi connectivity index (χ3v) is 3.72. The zero-order valence-corrected chi connectivity index (χ0v) is 14.3. The number of hydrogen-bond donors (Lipinski definition) is 4. The molecule has 0 fully saturated rings. The van der Waals surface area contributed by atoms with Gasteiger partial charge in [0.1, 0.15) is 0 Å². The second kappa shape index (κ2) is 8.03. The molecule has 5 nitrogen and oxygen atoms in total. The zero-order chi connectivity index (χ0) is 16.8. The Bertz CT molecular complexity index is 490. The molecule has 0 bridgehead atoms. The van der Waals surface area contributed by atoms with Crippen molar-refractivity contribution < 1.29 is 9.90 Å². The number of amides is 2. The van der Waals surface area contributed by atoms with Gasteiger partial charge < -0.3 is 10.4 Å². The molecule has 22 heavy (non-hydrogen) atoms. The molecule has 2 amide bonds. The van der Waals surface area contributed by atoms with Crippen molar-refractivity contribution in [3.05, 3.63) is 28.8 Å². The third-order valence-electron chi connectivity index (χ3n) is 3.72. The molecule has 1 aromatic carbocycles. The first kappa shape index (κ1) is 18.3. The smallest absolute Gasteiger partial charge is 0.333 e. The second-order valence-corrected chi connectivity index (χ2v) is 6.71. The van der Waals surface area contributed by atoms with Gasteiger partial charge in [-0.15, -0.1) is 0 Å². The molecular weight excluding hydrogens is 278 g/mol. The van der Waals surface area contributed by atoms with E-state index in [0.29, 0.717) is 6.54 Å². The lowest BCUT2D eigenvalue weighted by Gasteiger charge is -2.21. The molecule has 0 heterocycles. The Morgan fingerprint density at radius 3 is 2.32 bits per heavy atom. The summed E-state index contributed by atoms with van der Waals surface area (Å²) in [5.74, 6) is 0. The number of rotatable bonds is 7. The van der Waals surface area contributed by atoms with Gasteiger partial charge in [-0.25, -0.2) is 4.79 Å². The van der Waals surface area contributed by atoms with Crippen LogP contribution >= 0.6 is 0 Å². The molecule has 0 aliphatic heterocycles. The highest BCUT2D eigenvalue weighted by Crippen LogP contribution is 2.21. The standard InChI is InChI=1S/C17H29N3O2/c1-12-9-13(2)15(14(3)10-12)19-20-16(22)18-8-6-7-17(4,5)11-21/h9-10,19,21H,6-8,11H2,1-5H3,(H2,18,20,22). The van der Waals surface area contributed by atoms with Gasteiger partial charge in [-0.2, -0.15) is 0 Å². The zero-order valence-electron chi connectivity index (χ0n) is 14.3. The number of benzene rings is 1. The van der Waals surface area contributed by atoms with E-state index in [1.54, 1.807) is 0 Å². The Morgan fingerprint density at radius 2 is 1.77 bits per heavy atom. The van der Waals surface area contributed by atoms with Gasteiger partial charge in [0.2, 0.25) is 0 Å². The molecule has 0 aliphatic rings. The van der Waals surface area contributed by atoms with E-state index >= 15 is 0 Å². The van der Waals surface area contributed by atoms with Gasteiger partial charge in [0.05, 0.1) is 5.69 Å². The molecule has 0 radical (unpaired) electrons. The van der Waals surface area contributed by atoms with Crippen molar-refractivity contribution in [3.8, 4) is 0 Å². The summed E-state index contributed by atoms with van der Waals surface area (Å²) in [7, 11) is 0. The van der Waals surface area contributed by atoms with Gasteiger partial charge in [0, 0.05) is 13.2 Å². The van der Waals surface area contributed by atoms with Crippen LogP contribution in [0.1, 0.15) is 43.4 Å². The minimum Gasteiger partial charge on any atom is -0.396 e. The number of nitrogens with one attached hydrogen (secondary N) is 3. The topological polar surface area (TPSA) is 73.4 Å². The molecule has 0 saturated heterocycles. The van der Waals surface area contributed by atoms with Crippen molar-refractivity contribution in [2.45, 2.75) is 47.5 Å². The summed E-state index contributed by atoms with van der Waals surface area (Å²) >= 11 is 0. The number of aliphatic hydroxyl groups excluding tert-OH is 1. The van der Waals surface area contributed by atoms with Crippen molar-refractivity contribution >= 4 is 11.7 Å². The Hall–Kier alpha value is -1.75. The Labute approximate surface area is 133 Å². The van der Waals surface area contributed by atoms with Crippen molar-refractivity contribution in [3.63, 3.8) is 0 Å². The molecule has 0 aliphatic carbocycles. The van der Waals surface area contributed by atoms with Crippen LogP contribution in [0.2, 0.25) is 0 Å². The van der Waals surface area contributed by atoms with Crippen LogP contribution in [0.15, 0.2) is 12.1 Å². The molecule has 0 atom stereocenters. The maximum Gasteiger partial charge on any atom is 0.333 e. The molecule has 0 spiro atoms. The maximum atomic E-state index is 11.8. The molecule has 0 aromatic heterocycles. The van der Waals surface area contributed by atoms with Crippen LogP contribution in [0.4, 0.5) is 10.5 Å². The highest BCUT2D eigenvalue weighted by atomic mass is 16.3. The summed E-state index contributed by atoms with van der Waals surface area (Å²) in [5, 5.41) is 12.0. The number of carbonyl (C=O) groups excluding carboxylic acids is 1. The Morgan fingerprint density at radius 1 is 1.18 bits per heavy atom. The fourth-order valence-corrected chi connectivity index (χ4v) is 2.39. The molecule has 1 aromatic rings. The van der Waals surface area contributed by atoms with Gasteiger partial charge in [0.15, 0.2) is 0 Å². The lowest BCUT2D eigenvalue weighted by atomic mass is 9.89. The van der Waals surface area contributed by atoms with Crippen LogP contribution in [-0.2, 0) is 0 Å². The van der Waals surface area contributed by atoms with Crippen molar-refractivity contribution in [1.82, 2.24) is 10.7 Å². The molecular formula is C17H29N3O2. The van der Waals surface area contributed by atoms with E-state index in [1.807, 2.05) is 27.7 Å². The fourth-order valence-electron chi connectivity index (χ4n) is 2.39. The van der Waals surface area contributed by atoms with Gasteiger partial charge >= 0.3 is 6.03 Å². The Kier molecular flexibility index (Phi) is 6.68. The van der Waals surface area contributed by atoms with Crippen molar-refractivity contribution in [2.24, 2.45) is 5.41 Å². The molecule has 1 rings (SSSR count). The number of urea groups is 1. The van der Waals surface area contributed by atoms with Crippen LogP contribution in [-0.4, -0.2) is 24.3 Å². The molecule has 0 saturated carbocycles. The molecule has 4 N–H and O–H groups in total. The van der Waals surface area contributed by atoms with E-state index in [0.717, 1.165) is 29.7 Å². The van der Waals surface area contributed by atoms with Gasteiger partial charge in [-0.3, -0.25) is 10.9 Å². The van der Waals surface area contributed by atoms with Gasteiger partial charge in [-0.1, -0.05) is 31.5 Å². The average Bonchev–Trinajstić information content (AvgIpc) is 2.42. The van der Waals surface area contributed by atoms with Gasteiger partial charge in [0.25, 0.3) is 0 Å². The fraction of sp³-hybridized carbons (Fsp3) is 0.588. The maximum absolute atomic E-state index is 11.8. The van der Waals surface area contributed by atoms with E-state index < -0.39 is 0 Å². The van der Waals surface area contributed by atoms with Crippen LogP contribution < -0.4 is 16.2 Å². The number of aryl methyl sites for hydroxylation is 3. The number of carbonyl (C=O) groups is 1. The van der Waals surface area contributed by atoms with Gasteiger partial charge in [-0.05, 0) is 50.2 Å². The highest BCUT2D eigenvalue weighted by Gasteiger charge is 2.15. The minimum atomic E-state index is -0.249. The quantitative estimate of drug-likeness (QED) is 0.462. The van der Waals surface area contributed by atoms with Crippen LogP contribution in [0.25, 0.3) is 0 Å². The summed E-state index contributed by atoms with van der Waals surface area (Å²) in [5.41, 5.74) is 9.88. The summed E-state index contributed by atoms with van der Waals surface area (Å²) in [6.07, 6.45) is 1.71. The second-order valence-electron chi connectivity index (χ2n) is 6.71. The van der Waals surface area contributed by atoms with E-state index in [4.69, 9.17) is 0 Å². The summed E-state index contributed by atoms with van der Waals surface area (Å²) < 4.78 is 0. The normalized spacial score (nSPS) is 11.2. The SMILES string of the molecule is Cc1cc(C)c(NNC(=O)NCCCC(C)(C)CO)c(C)c1. The monoisotopic (exact) mass is 307 g/mol. The summed E-state index contributed by atoms with van der Waals surface area (Å²) in [6, 6.07) is 3.90. The summed E-state index contributed by atoms with van der Waals surface area (Å²) in [4.78, 5) is 11.8. The highest BCUT2D eigenvalue weighted by molar-refractivity contribution is 5.76. The molecule has 0 unspecified atom stereocenters. The summed E-state index contributed by atoms with van der Waals surface area (Å²) in [6.45, 7) is 10.8. The van der Waals surface area contributed by atoms with Crippen LogP contribution in [0.3, 0.4) is 0 Å². The number of hydrogen-bond acceptors (Lipinski definition) is 3. The largest absolute Gasteiger partial charge is 0.396 e. The first-order valence-corrected chi connectivity index (χ1v) is 7.74. The first-order valence-electron chi connectivity index (χ1n) is 7.74. The average molecular weight is 307 g/mol. The van der Waals surface area contributed by atoms with Crippen molar-refractivity contribution in [1.29, 1.82) is 0 Å². The van der Waals surface area contributed by atoms with E-state index in [2.05, 4.69) is 35.2 Å². The lowest BCUT2D eigenvalue weighted by molar-refractivity contribution is 0.148. The van der Waals surface area contributed by atoms with E-state index in [-0.39, 0.29) is 18.1 Å². The Balaban J connectivity index is 2.35. The van der Waals surface area contributed by atoms with Crippen LogP contribution in [0, 0.1) is 26.2 Å². The molecule has 5 heteroatoms. The van der Waals surface area contributed by atoms with Crippen LogP contribution in [0.5, 0.6) is 0 Å². The third kappa shape index (κ3) is 5.93. The van der Waals surface area contributed by atoms with E-state index in [9.17, 15) is 9.90 Å². The minimum absolute atomic E-state index is 0.0907. The van der Waals surface area contributed by atoms with Crippen molar-refractivity contribution in [2.75, 3.05) is 18.6 Å². The number of aliphatic hydroxyl groups is 1. The number of anilines is 1. The first-order chi connectivity index (χ1) is 10.2. The number of hydrazine groups is 1. The predicted molar refractivity (Wildman–Crippen MR) is 90.9 cm³/mol.